The minimum absolute atomic E-state index is 0.500. The van der Waals surface area contributed by atoms with Gasteiger partial charge in [0.2, 0.25) is 0 Å². The van der Waals surface area contributed by atoms with Gasteiger partial charge in [0.1, 0.15) is 0 Å². The van der Waals surface area contributed by atoms with E-state index >= 15 is 0 Å². The predicted molar refractivity (Wildman–Crippen MR) is 38.7 cm³/mol. The van der Waals surface area contributed by atoms with Crippen LogP contribution in [-0.2, 0) is 0 Å². The van der Waals surface area contributed by atoms with Crippen molar-refractivity contribution in [2.24, 2.45) is 0 Å². The molecule has 1 atom stereocenters. The maximum Gasteiger partial charge on any atom is -0.0183 e. The summed E-state index contributed by atoms with van der Waals surface area (Å²) in [6.07, 6.45) is 2.52. The fraction of sp³-hybridized carbons (Fsp3) is 1.00. The molecule has 0 saturated carbocycles. The molecule has 0 aliphatic heterocycles. The first-order valence-corrected chi connectivity index (χ1v) is 3.49. The van der Waals surface area contributed by atoms with Gasteiger partial charge in [-0.1, -0.05) is 20.8 Å². The highest BCUT2D eigenvalue weighted by Crippen LogP contribution is 2.24. The van der Waals surface area contributed by atoms with Crippen LogP contribution in [0.5, 0.6) is 0 Å². The molecule has 1 heteroatoms. The Morgan fingerprint density at radius 1 is 1.29 bits per heavy atom. The normalized spacial score (nSPS) is 12.0. The van der Waals surface area contributed by atoms with Crippen LogP contribution >= 0.6 is 9.24 Å². The van der Waals surface area contributed by atoms with E-state index in [0.717, 1.165) is 0 Å². The Kier molecular flexibility index (Phi) is 2.83. The molecule has 0 radical (unpaired) electrons. The maximum absolute atomic E-state index is 2.87. The van der Waals surface area contributed by atoms with E-state index in [0.29, 0.717) is 5.16 Å². The van der Waals surface area contributed by atoms with Crippen LogP contribution in [0.2, 0.25) is 0 Å². The van der Waals surface area contributed by atoms with Crippen LogP contribution in [-0.4, -0.2) is 5.16 Å². The summed E-state index contributed by atoms with van der Waals surface area (Å²) in [5, 5.41) is 0.500. The summed E-state index contributed by atoms with van der Waals surface area (Å²) in [5.74, 6) is 0. The lowest BCUT2D eigenvalue weighted by Gasteiger charge is -2.18. The zero-order valence-electron chi connectivity index (χ0n) is 5.49. The summed E-state index contributed by atoms with van der Waals surface area (Å²) in [6.45, 7) is 6.70. The van der Waals surface area contributed by atoms with Crippen LogP contribution in [0.4, 0.5) is 0 Å². The van der Waals surface area contributed by atoms with Crippen molar-refractivity contribution in [2.75, 3.05) is 0 Å². The topological polar surface area (TPSA) is 0 Å². The summed E-state index contributed by atoms with van der Waals surface area (Å²) >= 11 is 0. The Morgan fingerprint density at radius 3 is 1.57 bits per heavy atom. The Bertz CT molecular complexity index is 42.1. The summed E-state index contributed by atoms with van der Waals surface area (Å²) in [4.78, 5) is 0. The largest absolute Gasteiger partial charge is 0.131 e. The van der Waals surface area contributed by atoms with Gasteiger partial charge in [-0.25, -0.2) is 0 Å². The van der Waals surface area contributed by atoms with Gasteiger partial charge in [0.05, 0.1) is 0 Å². The van der Waals surface area contributed by atoms with Gasteiger partial charge in [0.15, 0.2) is 0 Å². The highest BCUT2D eigenvalue weighted by atomic mass is 31.0. The summed E-state index contributed by atoms with van der Waals surface area (Å²) in [7, 11) is 2.87. The van der Waals surface area contributed by atoms with Crippen LogP contribution in [0.3, 0.4) is 0 Å². The standard InChI is InChI=1S/C6H15P/c1-4-6(3,7)5-2/h4-5,7H2,1-3H3. The molecule has 0 amide bonds. The van der Waals surface area contributed by atoms with Gasteiger partial charge >= 0.3 is 0 Å². The fourth-order valence-electron chi connectivity index (χ4n) is 0.250. The molecule has 0 N–H and O–H groups in total. The van der Waals surface area contributed by atoms with Crippen molar-refractivity contribution >= 4 is 9.24 Å². The number of hydrogen-bond acceptors (Lipinski definition) is 0. The van der Waals surface area contributed by atoms with E-state index in [1.807, 2.05) is 0 Å². The van der Waals surface area contributed by atoms with Gasteiger partial charge in [-0.2, -0.15) is 0 Å². The Balaban J connectivity index is 3.36. The van der Waals surface area contributed by atoms with Crippen molar-refractivity contribution < 1.29 is 0 Å². The zero-order chi connectivity index (χ0) is 5.91. The third kappa shape index (κ3) is 3.05. The van der Waals surface area contributed by atoms with E-state index in [2.05, 4.69) is 30.0 Å². The lowest BCUT2D eigenvalue weighted by Crippen LogP contribution is -2.10. The molecule has 44 valence electrons. The minimum Gasteiger partial charge on any atom is -0.131 e. The minimum atomic E-state index is 0.500. The Labute approximate surface area is 48.9 Å². The van der Waals surface area contributed by atoms with Crippen molar-refractivity contribution in [1.29, 1.82) is 0 Å². The zero-order valence-corrected chi connectivity index (χ0v) is 6.65. The van der Waals surface area contributed by atoms with Gasteiger partial charge in [0, 0.05) is 0 Å². The van der Waals surface area contributed by atoms with E-state index in [1.165, 1.54) is 12.8 Å². The lowest BCUT2D eigenvalue weighted by molar-refractivity contribution is 0.599. The van der Waals surface area contributed by atoms with Crippen LogP contribution in [0, 0.1) is 0 Å². The molecule has 1 unspecified atom stereocenters. The van der Waals surface area contributed by atoms with Crippen LogP contribution < -0.4 is 0 Å². The Morgan fingerprint density at radius 2 is 1.57 bits per heavy atom. The first-order valence-electron chi connectivity index (χ1n) is 2.91. The molecular formula is C6H15P. The average Bonchev–Trinajstić information content (AvgIpc) is 1.68. The van der Waals surface area contributed by atoms with Gasteiger partial charge in [-0.05, 0) is 18.0 Å². The van der Waals surface area contributed by atoms with Gasteiger partial charge < -0.3 is 0 Å². The van der Waals surface area contributed by atoms with Crippen molar-refractivity contribution in [3.8, 4) is 0 Å². The fourth-order valence-corrected chi connectivity index (χ4v) is 0.250. The molecule has 0 aromatic carbocycles. The lowest BCUT2D eigenvalue weighted by atomic mass is 10.1. The summed E-state index contributed by atoms with van der Waals surface area (Å²) in [5.41, 5.74) is 0. The average molecular weight is 118 g/mol. The SMILES string of the molecule is CCC(C)(P)CC. The highest BCUT2D eigenvalue weighted by Gasteiger charge is 2.09. The van der Waals surface area contributed by atoms with E-state index in [4.69, 9.17) is 0 Å². The van der Waals surface area contributed by atoms with Gasteiger partial charge in [-0.15, -0.1) is 9.24 Å². The van der Waals surface area contributed by atoms with Crippen molar-refractivity contribution in [1.82, 2.24) is 0 Å². The molecule has 0 aromatic rings. The van der Waals surface area contributed by atoms with Crippen LogP contribution in [0.15, 0.2) is 0 Å². The summed E-state index contributed by atoms with van der Waals surface area (Å²) in [6, 6.07) is 0. The molecule has 0 nitrogen and oxygen atoms in total. The highest BCUT2D eigenvalue weighted by molar-refractivity contribution is 7.18. The first-order chi connectivity index (χ1) is 3.12. The van der Waals surface area contributed by atoms with Crippen molar-refractivity contribution in [2.45, 2.75) is 38.8 Å². The third-order valence-electron chi connectivity index (χ3n) is 1.62. The monoisotopic (exact) mass is 118 g/mol. The molecule has 0 aliphatic carbocycles. The molecule has 0 saturated heterocycles. The number of rotatable bonds is 2. The number of hydrogen-bond donors (Lipinski definition) is 0. The maximum atomic E-state index is 2.87. The molecule has 0 heterocycles. The van der Waals surface area contributed by atoms with E-state index in [-0.39, 0.29) is 0 Å². The first kappa shape index (κ1) is 7.43. The van der Waals surface area contributed by atoms with Gasteiger partial charge in [-0.3, -0.25) is 0 Å². The van der Waals surface area contributed by atoms with Crippen LogP contribution in [0.1, 0.15) is 33.6 Å². The van der Waals surface area contributed by atoms with Crippen LogP contribution in [0.25, 0.3) is 0 Å². The second-order valence-corrected chi connectivity index (χ2v) is 3.75. The molecule has 0 aliphatic rings. The smallest absolute Gasteiger partial charge is 0.0183 e. The molecular weight excluding hydrogens is 103 g/mol. The van der Waals surface area contributed by atoms with E-state index in [9.17, 15) is 0 Å². The molecule has 0 aromatic heterocycles. The van der Waals surface area contributed by atoms with Crippen molar-refractivity contribution in [3.63, 3.8) is 0 Å². The molecule has 7 heavy (non-hydrogen) atoms. The quantitative estimate of drug-likeness (QED) is 0.488. The van der Waals surface area contributed by atoms with Gasteiger partial charge in [0.25, 0.3) is 0 Å². The molecule has 0 bridgehead atoms. The third-order valence-corrected chi connectivity index (χ3v) is 2.43. The molecule has 0 rings (SSSR count). The Hall–Kier alpha value is 0.430. The van der Waals surface area contributed by atoms with Crippen molar-refractivity contribution in [3.05, 3.63) is 0 Å². The summed E-state index contributed by atoms with van der Waals surface area (Å²) < 4.78 is 0. The second kappa shape index (κ2) is 2.67. The second-order valence-electron chi connectivity index (χ2n) is 2.36. The van der Waals surface area contributed by atoms with E-state index in [1.54, 1.807) is 0 Å². The van der Waals surface area contributed by atoms with E-state index < -0.39 is 0 Å². The predicted octanol–water partition coefficient (Wildman–Crippen LogP) is 2.44. The molecule has 0 spiro atoms. The molecule has 0 fully saturated rings.